The minimum Gasteiger partial charge on any atom is -0.370 e. The molecule has 1 aliphatic heterocycles. The number of morpholine rings is 1. The molecular weight excluding hydrogens is 397 g/mol. The molecule has 8 heteroatoms. The van der Waals surface area contributed by atoms with Crippen molar-refractivity contribution in [3.63, 3.8) is 0 Å². The number of hydrogen-bond acceptors (Lipinski definition) is 5. The molecule has 1 atom stereocenters. The van der Waals surface area contributed by atoms with Gasteiger partial charge in [0.15, 0.2) is 0 Å². The van der Waals surface area contributed by atoms with Gasteiger partial charge < -0.3 is 9.64 Å². The zero-order chi connectivity index (χ0) is 22.1. The van der Waals surface area contributed by atoms with Gasteiger partial charge in [0.1, 0.15) is 11.9 Å². The average molecular weight is 423 g/mol. The van der Waals surface area contributed by atoms with Gasteiger partial charge in [-0.05, 0) is 51.5 Å². The smallest absolute Gasteiger partial charge is 0.251 e. The molecule has 4 rings (SSSR count). The Bertz CT molecular complexity index is 1090. The quantitative estimate of drug-likeness (QED) is 0.645. The summed E-state index contributed by atoms with van der Waals surface area (Å²) in [5.41, 5.74) is 5.14. The van der Waals surface area contributed by atoms with Crippen molar-refractivity contribution in [2.24, 2.45) is 0 Å². The first kappa shape index (κ1) is 21.1. The summed E-state index contributed by atoms with van der Waals surface area (Å²) in [6, 6.07) is 8.15. The molecule has 0 saturated carbocycles. The van der Waals surface area contributed by atoms with Crippen LogP contribution in [0.3, 0.4) is 0 Å². The fourth-order valence-corrected chi connectivity index (χ4v) is 3.95. The van der Waals surface area contributed by atoms with Crippen LogP contribution in [0.25, 0.3) is 5.95 Å². The van der Waals surface area contributed by atoms with Crippen LogP contribution < -0.4 is 0 Å². The van der Waals surface area contributed by atoms with Gasteiger partial charge in [-0.15, -0.1) is 0 Å². The maximum atomic E-state index is 13.2. The van der Waals surface area contributed by atoms with E-state index in [0.717, 1.165) is 33.9 Å². The Labute approximate surface area is 180 Å². The predicted octanol–water partition coefficient (Wildman–Crippen LogP) is 3.18. The summed E-state index contributed by atoms with van der Waals surface area (Å²) in [6.45, 7) is 9.09. The van der Waals surface area contributed by atoms with E-state index in [1.54, 1.807) is 21.7 Å². The highest BCUT2D eigenvalue weighted by Gasteiger charge is 2.27. The Kier molecular flexibility index (Phi) is 5.82. The highest BCUT2D eigenvalue weighted by molar-refractivity contribution is 5.79. The van der Waals surface area contributed by atoms with Crippen LogP contribution in [0.1, 0.15) is 40.0 Å². The molecule has 0 spiro atoms. The van der Waals surface area contributed by atoms with E-state index in [-0.39, 0.29) is 24.2 Å². The average Bonchev–Trinajstić information content (AvgIpc) is 3.02. The zero-order valence-corrected chi connectivity index (χ0v) is 18.2. The number of benzene rings is 1. The molecule has 0 aliphatic carbocycles. The van der Waals surface area contributed by atoms with E-state index in [4.69, 9.17) is 4.74 Å². The monoisotopic (exact) mass is 423 g/mol. The van der Waals surface area contributed by atoms with Crippen LogP contribution in [0.5, 0.6) is 0 Å². The summed E-state index contributed by atoms with van der Waals surface area (Å²) >= 11 is 0. The van der Waals surface area contributed by atoms with Crippen molar-refractivity contribution >= 4 is 5.91 Å². The molecule has 0 unspecified atom stereocenters. The van der Waals surface area contributed by atoms with Crippen LogP contribution in [0, 0.1) is 33.5 Å². The van der Waals surface area contributed by atoms with Gasteiger partial charge in [0.05, 0.1) is 25.3 Å². The second-order valence-corrected chi connectivity index (χ2v) is 7.94. The normalized spacial score (nSPS) is 16.5. The molecule has 1 amide bonds. The predicted molar refractivity (Wildman–Crippen MR) is 113 cm³/mol. The fourth-order valence-electron chi connectivity index (χ4n) is 3.95. The van der Waals surface area contributed by atoms with Crippen LogP contribution in [-0.4, -0.2) is 50.3 Å². The molecule has 3 aromatic rings. The number of carbonyl (C=O) groups is 1. The second-order valence-electron chi connectivity index (χ2n) is 7.94. The number of aryl methyl sites for hydroxylation is 3. The second kappa shape index (κ2) is 8.55. The number of rotatable bonds is 4. The van der Waals surface area contributed by atoms with Gasteiger partial charge in [-0.1, -0.05) is 12.1 Å². The topological polar surface area (TPSA) is 73.1 Å². The van der Waals surface area contributed by atoms with E-state index in [1.807, 2.05) is 33.8 Å². The van der Waals surface area contributed by atoms with E-state index in [9.17, 15) is 9.18 Å². The molecule has 1 aliphatic rings. The minimum absolute atomic E-state index is 0.0162. The lowest BCUT2D eigenvalue weighted by molar-refractivity contribution is -0.138. The third-order valence-corrected chi connectivity index (χ3v) is 5.59. The fraction of sp³-hybridized carbons (Fsp3) is 0.391. The van der Waals surface area contributed by atoms with E-state index < -0.39 is 0 Å². The van der Waals surface area contributed by atoms with Crippen molar-refractivity contribution < 1.29 is 13.9 Å². The lowest BCUT2D eigenvalue weighted by atomic mass is 10.1. The molecule has 7 nitrogen and oxygen atoms in total. The Morgan fingerprint density at radius 1 is 1.13 bits per heavy atom. The molecule has 2 aromatic heterocycles. The number of ether oxygens (including phenoxy) is 1. The van der Waals surface area contributed by atoms with Crippen molar-refractivity contribution in [1.82, 2.24) is 24.6 Å². The van der Waals surface area contributed by atoms with Gasteiger partial charge >= 0.3 is 0 Å². The summed E-state index contributed by atoms with van der Waals surface area (Å²) in [6.07, 6.45) is -0.00890. The number of aromatic nitrogens is 4. The maximum absolute atomic E-state index is 13.2. The van der Waals surface area contributed by atoms with Crippen LogP contribution in [-0.2, 0) is 16.0 Å². The van der Waals surface area contributed by atoms with Crippen LogP contribution in [0.15, 0.2) is 30.3 Å². The minimum atomic E-state index is -0.289. The number of nitrogens with zero attached hydrogens (tertiary/aromatic N) is 5. The highest BCUT2D eigenvalue weighted by atomic mass is 19.1. The highest BCUT2D eigenvalue weighted by Crippen LogP contribution is 2.24. The summed E-state index contributed by atoms with van der Waals surface area (Å²) in [5, 5.41) is 4.59. The SMILES string of the molecule is Cc1cc(C)nc(-n2nc(C)c(CC(=O)N3CCO[C@@H](c4ccc(F)cc4)C3)c2C)n1. The molecule has 0 N–H and O–H groups in total. The Balaban J connectivity index is 1.52. The van der Waals surface area contributed by atoms with E-state index in [0.29, 0.717) is 25.6 Å². The Morgan fingerprint density at radius 2 is 1.81 bits per heavy atom. The molecule has 0 bridgehead atoms. The lowest BCUT2D eigenvalue weighted by Crippen LogP contribution is -2.43. The van der Waals surface area contributed by atoms with Crippen LogP contribution >= 0.6 is 0 Å². The largest absolute Gasteiger partial charge is 0.370 e. The molecule has 1 saturated heterocycles. The summed E-state index contributed by atoms with van der Waals surface area (Å²) < 4.78 is 20.7. The lowest BCUT2D eigenvalue weighted by Gasteiger charge is -2.33. The summed E-state index contributed by atoms with van der Waals surface area (Å²) in [7, 11) is 0. The molecule has 31 heavy (non-hydrogen) atoms. The molecular formula is C23H26FN5O2. The van der Waals surface area contributed by atoms with E-state index >= 15 is 0 Å². The van der Waals surface area contributed by atoms with Gasteiger partial charge in [-0.2, -0.15) is 5.10 Å². The molecule has 3 heterocycles. The van der Waals surface area contributed by atoms with Gasteiger partial charge in [-0.3, -0.25) is 4.79 Å². The third kappa shape index (κ3) is 4.49. The third-order valence-electron chi connectivity index (χ3n) is 5.59. The van der Waals surface area contributed by atoms with Crippen molar-refractivity contribution in [2.75, 3.05) is 19.7 Å². The molecule has 162 valence electrons. The van der Waals surface area contributed by atoms with Gasteiger partial charge in [0, 0.05) is 29.2 Å². The Hall–Kier alpha value is -3.13. The summed E-state index contributed by atoms with van der Waals surface area (Å²) in [4.78, 5) is 23.9. The van der Waals surface area contributed by atoms with Crippen molar-refractivity contribution in [3.8, 4) is 5.95 Å². The number of amides is 1. The first-order chi connectivity index (χ1) is 14.8. The first-order valence-corrected chi connectivity index (χ1v) is 10.3. The van der Waals surface area contributed by atoms with Crippen LogP contribution in [0.2, 0.25) is 0 Å². The molecule has 0 radical (unpaired) electrons. The number of carbonyl (C=O) groups excluding carboxylic acids is 1. The van der Waals surface area contributed by atoms with E-state index in [1.165, 1.54) is 12.1 Å². The van der Waals surface area contributed by atoms with Gasteiger partial charge in [0.2, 0.25) is 5.91 Å². The summed E-state index contributed by atoms with van der Waals surface area (Å²) in [5.74, 6) is 0.241. The first-order valence-electron chi connectivity index (χ1n) is 10.3. The van der Waals surface area contributed by atoms with Crippen molar-refractivity contribution in [2.45, 2.75) is 40.2 Å². The standard InChI is InChI=1S/C23H26FN5O2/c1-14-11-15(2)26-23(25-14)29-17(4)20(16(3)27-29)12-22(30)28-9-10-31-21(13-28)18-5-7-19(24)8-6-18/h5-8,11,21H,9-10,12-13H2,1-4H3/t21-/m1/s1. The van der Waals surface area contributed by atoms with E-state index in [2.05, 4.69) is 15.1 Å². The molecule has 1 aromatic carbocycles. The van der Waals surface area contributed by atoms with Crippen LogP contribution in [0.4, 0.5) is 4.39 Å². The van der Waals surface area contributed by atoms with Crippen molar-refractivity contribution in [3.05, 3.63) is 70.1 Å². The number of hydrogen-bond donors (Lipinski definition) is 0. The van der Waals surface area contributed by atoms with Crippen molar-refractivity contribution in [1.29, 1.82) is 0 Å². The zero-order valence-electron chi connectivity index (χ0n) is 18.2. The number of halogens is 1. The van der Waals surface area contributed by atoms with Gasteiger partial charge in [-0.25, -0.2) is 19.0 Å². The Morgan fingerprint density at radius 3 is 2.48 bits per heavy atom. The van der Waals surface area contributed by atoms with Gasteiger partial charge in [0.25, 0.3) is 5.95 Å². The molecule has 1 fully saturated rings. The maximum Gasteiger partial charge on any atom is 0.251 e.